The molecule has 0 aromatic heterocycles. The summed E-state index contributed by atoms with van der Waals surface area (Å²) in [5.41, 5.74) is 0. The summed E-state index contributed by atoms with van der Waals surface area (Å²) in [5.74, 6) is -0.888. The predicted molar refractivity (Wildman–Crippen MR) is 353 cm³/mol. The molecule has 0 radical (unpaired) electrons. The van der Waals surface area contributed by atoms with Gasteiger partial charge in [-0.15, -0.1) is 0 Å². The maximum absolute atomic E-state index is 13.0. The molecule has 0 heterocycles. The van der Waals surface area contributed by atoms with E-state index in [4.69, 9.17) is 14.2 Å². The Morgan fingerprint density at radius 3 is 0.728 bits per heavy atom. The van der Waals surface area contributed by atoms with E-state index in [2.05, 4.69) is 106 Å². The standard InChI is InChI=1S/C75H132O6/c1-4-7-10-13-16-19-22-25-28-31-34-36-37-39-41-44-47-50-53-56-59-62-65-68-74(77)80-71-72(70-79-73(76)67-64-61-58-55-52-49-46-43-40-33-30-27-24-21-18-15-12-9-6-3)81-75(78)69-66-63-60-57-54-51-48-45-42-38-35-32-29-26-23-20-17-14-11-8-5-2/h18,21-22,25,27,30-32,34-35,37,39-40,43,72H,4-17,19-20,23-24,26,28-29,33,36,38,41-42,44-71H2,1-3H3/b21-18-,25-22-,30-27-,34-31-,35-32-,39-37-,43-40-. The molecule has 0 aliphatic rings. The SMILES string of the molecule is CCCCC/C=C\C/C=C\C/C=C\CCCCCCCCC(=O)OCC(COC(=O)CCCCCCCCCC/C=C\C/C=C\C/C=C\CCCCCCC)OC(=O)CCCCCCCCCCC/C=C\CCCCCCCCCC. The van der Waals surface area contributed by atoms with Gasteiger partial charge in [-0.3, -0.25) is 14.4 Å². The van der Waals surface area contributed by atoms with Crippen molar-refractivity contribution >= 4 is 17.9 Å². The largest absolute Gasteiger partial charge is 0.462 e. The molecule has 0 saturated carbocycles. The minimum atomic E-state index is -0.789. The van der Waals surface area contributed by atoms with Crippen LogP contribution in [-0.2, 0) is 28.6 Å². The third kappa shape index (κ3) is 67.3. The molecule has 6 heteroatoms. The maximum atomic E-state index is 13.0. The third-order valence-electron chi connectivity index (χ3n) is 15.3. The molecule has 0 rings (SSSR count). The molecule has 1 atom stereocenters. The van der Waals surface area contributed by atoms with Gasteiger partial charge in [-0.25, -0.2) is 0 Å². The third-order valence-corrected chi connectivity index (χ3v) is 15.3. The first-order chi connectivity index (χ1) is 40.0. The van der Waals surface area contributed by atoms with Gasteiger partial charge >= 0.3 is 17.9 Å². The zero-order chi connectivity index (χ0) is 58.5. The number of esters is 3. The Labute approximate surface area is 503 Å². The van der Waals surface area contributed by atoms with E-state index in [0.29, 0.717) is 19.3 Å². The predicted octanol–water partition coefficient (Wildman–Crippen LogP) is 24.2. The monoisotopic (exact) mass is 1130 g/mol. The van der Waals surface area contributed by atoms with Crippen LogP contribution in [0.5, 0.6) is 0 Å². The number of rotatable bonds is 64. The Hall–Kier alpha value is -3.41. The first-order valence-corrected chi connectivity index (χ1v) is 35.1. The summed E-state index contributed by atoms with van der Waals surface area (Å²) in [6.45, 7) is 6.63. The molecule has 1 unspecified atom stereocenters. The van der Waals surface area contributed by atoms with Crippen LogP contribution in [0.3, 0.4) is 0 Å². The average molecular weight is 1130 g/mol. The van der Waals surface area contributed by atoms with Gasteiger partial charge in [0, 0.05) is 19.3 Å². The highest BCUT2D eigenvalue weighted by molar-refractivity contribution is 5.71. The van der Waals surface area contributed by atoms with Crippen LogP contribution in [0, 0.1) is 0 Å². The van der Waals surface area contributed by atoms with Crippen molar-refractivity contribution in [1.82, 2.24) is 0 Å². The highest BCUT2D eigenvalue weighted by Crippen LogP contribution is 2.17. The topological polar surface area (TPSA) is 78.9 Å². The van der Waals surface area contributed by atoms with Crippen molar-refractivity contribution in [3.63, 3.8) is 0 Å². The smallest absolute Gasteiger partial charge is 0.306 e. The van der Waals surface area contributed by atoms with Crippen molar-refractivity contribution in [3.05, 3.63) is 85.1 Å². The second-order valence-corrected chi connectivity index (χ2v) is 23.4. The summed E-state index contributed by atoms with van der Waals surface area (Å²) < 4.78 is 17.0. The van der Waals surface area contributed by atoms with Gasteiger partial charge in [0.05, 0.1) is 0 Å². The summed E-state index contributed by atoms with van der Waals surface area (Å²) >= 11 is 0. The van der Waals surface area contributed by atoms with Crippen LogP contribution in [-0.4, -0.2) is 37.2 Å². The van der Waals surface area contributed by atoms with Crippen LogP contribution in [0.15, 0.2) is 85.1 Å². The minimum absolute atomic E-state index is 0.0843. The van der Waals surface area contributed by atoms with Crippen molar-refractivity contribution in [2.45, 2.75) is 361 Å². The van der Waals surface area contributed by atoms with Crippen LogP contribution in [0.2, 0.25) is 0 Å². The van der Waals surface area contributed by atoms with E-state index in [1.807, 2.05) is 0 Å². The fourth-order valence-electron chi connectivity index (χ4n) is 10.0. The summed E-state index contributed by atoms with van der Waals surface area (Å²) in [6, 6.07) is 0. The molecule has 0 spiro atoms. The Kier molecular flexibility index (Phi) is 66.2. The van der Waals surface area contributed by atoms with E-state index in [9.17, 15) is 14.4 Å². The Morgan fingerprint density at radius 1 is 0.247 bits per heavy atom. The Bertz CT molecular complexity index is 1530. The Balaban J connectivity index is 4.40. The summed E-state index contributed by atoms with van der Waals surface area (Å²) in [4.78, 5) is 38.5. The van der Waals surface area contributed by atoms with E-state index in [1.165, 1.54) is 218 Å². The van der Waals surface area contributed by atoms with Gasteiger partial charge in [-0.05, 0) is 122 Å². The molecule has 0 aliphatic heterocycles. The lowest BCUT2D eigenvalue weighted by Crippen LogP contribution is -2.30. The van der Waals surface area contributed by atoms with Gasteiger partial charge in [-0.1, -0.05) is 298 Å². The molecule has 0 aromatic rings. The lowest BCUT2D eigenvalue weighted by molar-refractivity contribution is -0.167. The number of carbonyl (C=O) groups is 3. The van der Waals surface area contributed by atoms with Crippen LogP contribution in [0.25, 0.3) is 0 Å². The van der Waals surface area contributed by atoms with Crippen molar-refractivity contribution in [1.29, 1.82) is 0 Å². The number of hydrogen-bond acceptors (Lipinski definition) is 6. The van der Waals surface area contributed by atoms with Crippen LogP contribution >= 0.6 is 0 Å². The molecule has 0 saturated heterocycles. The molecule has 0 bridgehead atoms. The lowest BCUT2D eigenvalue weighted by Gasteiger charge is -2.18. The number of carbonyl (C=O) groups excluding carboxylic acids is 3. The minimum Gasteiger partial charge on any atom is -0.462 e. The van der Waals surface area contributed by atoms with Gasteiger partial charge in [0.2, 0.25) is 0 Å². The second kappa shape index (κ2) is 69.1. The number of allylic oxidation sites excluding steroid dienone is 14. The van der Waals surface area contributed by atoms with Crippen molar-refractivity contribution in [3.8, 4) is 0 Å². The fourth-order valence-corrected chi connectivity index (χ4v) is 10.0. The molecule has 0 N–H and O–H groups in total. The highest BCUT2D eigenvalue weighted by atomic mass is 16.6. The molecule has 0 amide bonds. The highest BCUT2D eigenvalue weighted by Gasteiger charge is 2.19. The molecule has 468 valence electrons. The molecule has 0 aliphatic carbocycles. The van der Waals surface area contributed by atoms with Crippen molar-refractivity contribution in [2.24, 2.45) is 0 Å². The van der Waals surface area contributed by atoms with E-state index < -0.39 is 6.10 Å². The quantitative estimate of drug-likeness (QED) is 0.0261. The van der Waals surface area contributed by atoms with Crippen molar-refractivity contribution in [2.75, 3.05) is 13.2 Å². The van der Waals surface area contributed by atoms with E-state index in [1.54, 1.807) is 0 Å². The first-order valence-electron chi connectivity index (χ1n) is 35.1. The molecular weight excluding hydrogens is 997 g/mol. The van der Waals surface area contributed by atoms with E-state index in [-0.39, 0.29) is 31.1 Å². The zero-order valence-corrected chi connectivity index (χ0v) is 53.8. The fraction of sp³-hybridized carbons (Fsp3) is 0.773. The van der Waals surface area contributed by atoms with Gasteiger partial charge in [0.15, 0.2) is 6.10 Å². The van der Waals surface area contributed by atoms with Gasteiger partial charge in [0.1, 0.15) is 13.2 Å². The number of ether oxygens (including phenoxy) is 3. The first kappa shape index (κ1) is 77.6. The van der Waals surface area contributed by atoms with Crippen molar-refractivity contribution < 1.29 is 28.6 Å². The lowest BCUT2D eigenvalue weighted by atomic mass is 10.1. The van der Waals surface area contributed by atoms with Gasteiger partial charge < -0.3 is 14.2 Å². The number of hydrogen-bond donors (Lipinski definition) is 0. The van der Waals surface area contributed by atoms with Gasteiger partial charge in [-0.2, -0.15) is 0 Å². The normalized spacial score (nSPS) is 12.6. The average Bonchev–Trinajstić information content (AvgIpc) is 3.47. The van der Waals surface area contributed by atoms with Gasteiger partial charge in [0.25, 0.3) is 0 Å². The molecular formula is C75H132O6. The maximum Gasteiger partial charge on any atom is 0.306 e. The summed E-state index contributed by atoms with van der Waals surface area (Å²) in [6.07, 6.45) is 91.6. The molecule has 6 nitrogen and oxygen atoms in total. The van der Waals surface area contributed by atoms with Crippen LogP contribution in [0.4, 0.5) is 0 Å². The summed E-state index contributed by atoms with van der Waals surface area (Å²) in [5, 5.41) is 0. The molecule has 0 fully saturated rings. The zero-order valence-electron chi connectivity index (χ0n) is 53.8. The number of unbranched alkanes of at least 4 members (excludes halogenated alkanes) is 39. The summed E-state index contributed by atoms with van der Waals surface area (Å²) in [7, 11) is 0. The van der Waals surface area contributed by atoms with Crippen LogP contribution in [0.1, 0.15) is 355 Å². The second-order valence-electron chi connectivity index (χ2n) is 23.4. The Morgan fingerprint density at radius 2 is 0.444 bits per heavy atom. The van der Waals surface area contributed by atoms with Crippen LogP contribution < -0.4 is 0 Å². The van der Waals surface area contributed by atoms with E-state index >= 15 is 0 Å². The molecule has 0 aromatic carbocycles. The molecule has 81 heavy (non-hydrogen) atoms. The van der Waals surface area contributed by atoms with E-state index in [0.717, 1.165) is 96.3 Å².